The molecule has 192 valence electrons. The lowest BCUT2D eigenvalue weighted by Crippen LogP contribution is -2.49. The molecule has 8 nitrogen and oxygen atoms in total. The molecule has 0 aromatic heterocycles. The number of fused-ring (bicyclic) bond motifs is 4. The number of nitrogens with zero attached hydrogens (tertiary/aromatic N) is 1. The lowest BCUT2D eigenvalue weighted by Gasteiger charge is -2.45. The average Bonchev–Trinajstić information content (AvgIpc) is 2.92. The zero-order valence-electron chi connectivity index (χ0n) is 21.0. The van der Waals surface area contributed by atoms with Crippen LogP contribution in [0.1, 0.15) is 39.0 Å². The van der Waals surface area contributed by atoms with Crippen molar-refractivity contribution in [2.45, 2.75) is 18.4 Å². The normalized spacial score (nSPS) is 17.8. The van der Waals surface area contributed by atoms with Gasteiger partial charge in [-0.05, 0) is 41.3 Å². The van der Waals surface area contributed by atoms with E-state index in [1.165, 1.54) is 28.4 Å². The molecule has 0 bridgehead atoms. The molecule has 0 fully saturated rings. The van der Waals surface area contributed by atoms with Crippen LogP contribution in [0.4, 0.5) is 5.69 Å². The van der Waals surface area contributed by atoms with Crippen LogP contribution in [0.15, 0.2) is 48.5 Å². The Kier molecular flexibility index (Phi) is 6.60. The summed E-state index contributed by atoms with van der Waals surface area (Å²) in [6.45, 7) is 0.496. The van der Waals surface area contributed by atoms with Gasteiger partial charge in [0.05, 0.1) is 51.1 Å². The van der Waals surface area contributed by atoms with Crippen molar-refractivity contribution in [2.75, 3.05) is 40.3 Å². The van der Waals surface area contributed by atoms with Crippen molar-refractivity contribution in [3.05, 3.63) is 75.8 Å². The summed E-state index contributed by atoms with van der Waals surface area (Å²) >= 11 is 6.36. The second-order valence-electron chi connectivity index (χ2n) is 8.84. The lowest BCUT2D eigenvalue weighted by molar-refractivity contribution is -0.119. The third kappa shape index (κ3) is 4.11. The SMILES string of the molecule is COc1cc(OC)c(NC(=O)[C@H]2c3cc(OC)c(OC)cc3C(=O)N3CCc4ccccc4[C@H]23)cc1Cl. The minimum Gasteiger partial charge on any atom is -0.495 e. The van der Waals surface area contributed by atoms with Crippen molar-refractivity contribution in [1.82, 2.24) is 4.90 Å². The quantitative estimate of drug-likeness (QED) is 0.498. The van der Waals surface area contributed by atoms with Crippen LogP contribution in [0.2, 0.25) is 5.02 Å². The van der Waals surface area contributed by atoms with Crippen LogP contribution in [0.5, 0.6) is 23.0 Å². The van der Waals surface area contributed by atoms with Gasteiger partial charge >= 0.3 is 0 Å². The summed E-state index contributed by atoms with van der Waals surface area (Å²) < 4.78 is 21.8. The number of amides is 2. The van der Waals surface area contributed by atoms with Gasteiger partial charge in [0.15, 0.2) is 11.5 Å². The fourth-order valence-electron chi connectivity index (χ4n) is 5.30. The molecule has 5 rings (SSSR count). The van der Waals surface area contributed by atoms with Crippen LogP contribution in [0.25, 0.3) is 0 Å². The summed E-state index contributed by atoms with van der Waals surface area (Å²) in [4.78, 5) is 29.6. The number of ether oxygens (including phenoxy) is 4. The van der Waals surface area contributed by atoms with Crippen molar-refractivity contribution >= 4 is 29.1 Å². The van der Waals surface area contributed by atoms with Crippen LogP contribution in [0, 0.1) is 0 Å². The van der Waals surface area contributed by atoms with Crippen molar-refractivity contribution < 1.29 is 28.5 Å². The molecule has 1 N–H and O–H groups in total. The molecule has 0 unspecified atom stereocenters. The fourth-order valence-corrected chi connectivity index (χ4v) is 5.54. The lowest BCUT2D eigenvalue weighted by atomic mass is 9.75. The number of nitrogens with one attached hydrogen (secondary N) is 1. The highest BCUT2D eigenvalue weighted by atomic mass is 35.5. The predicted molar refractivity (Wildman–Crippen MR) is 139 cm³/mol. The molecule has 2 atom stereocenters. The molecule has 2 heterocycles. The number of halogens is 1. The summed E-state index contributed by atoms with van der Waals surface area (Å²) in [5.74, 6) is 0.489. The van der Waals surface area contributed by atoms with Crippen molar-refractivity contribution in [3.63, 3.8) is 0 Å². The van der Waals surface area contributed by atoms with Crippen LogP contribution >= 0.6 is 11.6 Å². The van der Waals surface area contributed by atoms with E-state index in [4.69, 9.17) is 30.5 Å². The number of carbonyl (C=O) groups is 2. The van der Waals surface area contributed by atoms with Crippen molar-refractivity contribution in [3.8, 4) is 23.0 Å². The van der Waals surface area contributed by atoms with E-state index in [0.29, 0.717) is 57.8 Å². The standard InChI is InChI=1S/C28H27ClN2O6/c1-34-21-14-22(35-2)20(13-19(21)29)30-27(32)25-17-11-23(36-3)24(37-4)12-18(17)28(33)31-10-9-15-7-5-6-8-16(15)26(25)31/h5-8,11-14,25-26H,9-10H2,1-4H3,(H,30,32)/t25-,26+/m0/s1. The van der Waals surface area contributed by atoms with Crippen LogP contribution < -0.4 is 24.3 Å². The third-order valence-electron chi connectivity index (χ3n) is 7.04. The van der Waals surface area contributed by atoms with E-state index in [1.807, 2.05) is 24.3 Å². The number of methoxy groups -OCH3 is 4. The van der Waals surface area contributed by atoms with E-state index < -0.39 is 12.0 Å². The molecule has 0 saturated carbocycles. The maximum atomic E-state index is 14.1. The Morgan fingerprint density at radius 3 is 2.27 bits per heavy atom. The Morgan fingerprint density at radius 1 is 0.892 bits per heavy atom. The number of rotatable bonds is 6. The van der Waals surface area contributed by atoms with Gasteiger partial charge in [0, 0.05) is 18.2 Å². The largest absolute Gasteiger partial charge is 0.495 e. The number of benzene rings is 3. The van der Waals surface area contributed by atoms with Gasteiger partial charge in [0.2, 0.25) is 5.91 Å². The van der Waals surface area contributed by atoms with Crippen molar-refractivity contribution in [2.24, 2.45) is 0 Å². The summed E-state index contributed by atoms with van der Waals surface area (Å²) in [5.41, 5.74) is 3.43. The summed E-state index contributed by atoms with van der Waals surface area (Å²) in [5, 5.41) is 3.32. The second-order valence-corrected chi connectivity index (χ2v) is 9.25. The molecule has 0 spiro atoms. The zero-order valence-corrected chi connectivity index (χ0v) is 21.7. The molecule has 9 heteroatoms. The summed E-state index contributed by atoms with van der Waals surface area (Å²) in [6.07, 6.45) is 0.706. The molecule has 2 amide bonds. The van der Waals surface area contributed by atoms with E-state index in [2.05, 4.69) is 5.32 Å². The first-order valence-electron chi connectivity index (χ1n) is 11.8. The number of hydrogen-bond acceptors (Lipinski definition) is 6. The zero-order chi connectivity index (χ0) is 26.3. The van der Waals surface area contributed by atoms with Crippen molar-refractivity contribution in [1.29, 1.82) is 0 Å². The van der Waals surface area contributed by atoms with Gasteiger partial charge in [-0.3, -0.25) is 9.59 Å². The highest BCUT2D eigenvalue weighted by Crippen LogP contribution is 2.49. The Hall–Kier alpha value is -3.91. The Labute approximate surface area is 220 Å². The Bertz CT molecular complexity index is 1390. The Balaban J connectivity index is 1.67. The van der Waals surface area contributed by atoms with Crippen LogP contribution in [-0.4, -0.2) is 51.7 Å². The van der Waals surface area contributed by atoms with E-state index >= 15 is 0 Å². The van der Waals surface area contributed by atoms with Gasteiger partial charge in [0.1, 0.15) is 11.5 Å². The van der Waals surface area contributed by atoms with E-state index in [-0.39, 0.29) is 11.8 Å². The fraction of sp³-hybridized carbons (Fsp3) is 0.286. The van der Waals surface area contributed by atoms with E-state index in [0.717, 1.165) is 11.1 Å². The summed E-state index contributed by atoms with van der Waals surface area (Å²) in [7, 11) is 6.05. The maximum absolute atomic E-state index is 14.1. The molecule has 0 aliphatic carbocycles. The molecule has 37 heavy (non-hydrogen) atoms. The highest BCUT2D eigenvalue weighted by Gasteiger charge is 2.47. The molecule has 3 aromatic carbocycles. The molecule has 3 aromatic rings. The minimum absolute atomic E-state index is 0.149. The summed E-state index contributed by atoms with van der Waals surface area (Å²) in [6, 6.07) is 14.0. The van der Waals surface area contributed by atoms with E-state index in [9.17, 15) is 9.59 Å². The first kappa shape index (κ1) is 24.8. The Morgan fingerprint density at radius 2 is 1.57 bits per heavy atom. The van der Waals surface area contributed by atoms with Gasteiger partial charge in [-0.25, -0.2) is 0 Å². The van der Waals surface area contributed by atoms with Gasteiger partial charge in [0.25, 0.3) is 5.91 Å². The number of anilines is 1. The van der Waals surface area contributed by atoms with Crippen LogP contribution in [0.3, 0.4) is 0 Å². The molecule has 2 aliphatic rings. The first-order valence-corrected chi connectivity index (χ1v) is 12.2. The third-order valence-corrected chi connectivity index (χ3v) is 7.34. The number of carbonyl (C=O) groups excluding carboxylic acids is 2. The molecular weight excluding hydrogens is 496 g/mol. The second kappa shape index (κ2) is 9.86. The minimum atomic E-state index is -0.737. The highest BCUT2D eigenvalue weighted by molar-refractivity contribution is 6.32. The number of hydrogen-bond donors (Lipinski definition) is 1. The molecule has 2 aliphatic heterocycles. The molecular formula is C28H27ClN2O6. The van der Waals surface area contributed by atoms with Gasteiger partial charge in [-0.2, -0.15) is 0 Å². The monoisotopic (exact) mass is 522 g/mol. The topological polar surface area (TPSA) is 86.3 Å². The van der Waals surface area contributed by atoms with Gasteiger partial charge in [-0.15, -0.1) is 0 Å². The van der Waals surface area contributed by atoms with Crippen LogP contribution in [-0.2, 0) is 11.2 Å². The smallest absolute Gasteiger partial charge is 0.254 e. The molecule has 0 saturated heterocycles. The average molecular weight is 523 g/mol. The van der Waals surface area contributed by atoms with E-state index in [1.54, 1.807) is 29.2 Å². The first-order chi connectivity index (χ1) is 17.9. The molecule has 0 radical (unpaired) electrons. The van der Waals surface area contributed by atoms with Gasteiger partial charge in [-0.1, -0.05) is 35.9 Å². The maximum Gasteiger partial charge on any atom is 0.254 e. The predicted octanol–water partition coefficient (Wildman–Crippen LogP) is 4.85. The van der Waals surface area contributed by atoms with Gasteiger partial charge < -0.3 is 29.2 Å².